The molecule has 0 fully saturated rings. The Morgan fingerprint density at radius 2 is 2.00 bits per heavy atom. The number of nitrogens with zero attached hydrogens (tertiary/aromatic N) is 1. The van der Waals surface area contributed by atoms with E-state index in [2.05, 4.69) is 0 Å². The summed E-state index contributed by atoms with van der Waals surface area (Å²) in [4.78, 5) is 13.7. The van der Waals surface area contributed by atoms with Gasteiger partial charge in [-0.05, 0) is 36.2 Å². The first-order chi connectivity index (χ1) is 11.1. The van der Waals surface area contributed by atoms with Crippen LogP contribution in [0.5, 0.6) is 11.5 Å². The third-order valence-electron chi connectivity index (χ3n) is 3.52. The van der Waals surface area contributed by atoms with Gasteiger partial charge in [-0.25, -0.2) is 0 Å². The van der Waals surface area contributed by atoms with Crippen LogP contribution < -0.4 is 4.74 Å². The molecular formula is C18H20ClNO3. The number of carbonyl (C=O) groups excluding carboxylic acids is 1. The Bertz CT molecular complexity index is 660. The zero-order valence-corrected chi connectivity index (χ0v) is 13.8. The van der Waals surface area contributed by atoms with Gasteiger partial charge in [0.05, 0.1) is 6.54 Å². The Hall–Kier alpha value is -2.20. The normalized spacial score (nSPS) is 10.3. The second-order valence-corrected chi connectivity index (χ2v) is 5.69. The maximum Gasteiger partial charge on any atom is 0.222 e. The number of phenols is 1. The molecule has 0 saturated carbocycles. The molecule has 0 radical (unpaired) electrons. The molecule has 0 saturated heterocycles. The van der Waals surface area contributed by atoms with Gasteiger partial charge in [0.25, 0.3) is 0 Å². The Morgan fingerprint density at radius 3 is 2.74 bits per heavy atom. The average Bonchev–Trinajstić information content (AvgIpc) is 2.54. The van der Waals surface area contributed by atoms with E-state index in [1.807, 2.05) is 24.3 Å². The minimum atomic E-state index is 0.0166. The molecule has 23 heavy (non-hydrogen) atoms. The number of rotatable bonds is 7. The Morgan fingerprint density at radius 1 is 1.22 bits per heavy atom. The standard InChI is InChI=1S/C18H20ClNO3/c1-20(11-12-23-16-7-4-6-15(19)13-16)18(22)10-9-14-5-2-3-8-17(14)21/h2-8,13,21H,9-12H2,1H3. The first-order valence-corrected chi connectivity index (χ1v) is 7.83. The van der Waals surface area contributed by atoms with Crippen molar-refractivity contribution < 1.29 is 14.6 Å². The lowest BCUT2D eigenvalue weighted by molar-refractivity contribution is -0.130. The zero-order valence-electron chi connectivity index (χ0n) is 13.0. The van der Waals surface area contributed by atoms with Gasteiger partial charge in [-0.3, -0.25) is 4.79 Å². The van der Waals surface area contributed by atoms with Gasteiger partial charge >= 0.3 is 0 Å². The van der Waals surface area contributed by atoms with E-state index in [-0.39, 0.29) is 11.7 Å². The van der Waals surface area contributed by atoms with Gasteiger partial charge < -0.3 is 14.7 Å². The fourth-order valence-electron chi connectivity index (χ4n) is 2.14. The Labute approximate surface area is 141 Å². The summed E-state index contributed by atoms with van der Waals surface area (Å²) in [5.41, 5.74) is 0.782. The summed E-state index contributed by atoms with van der Waals surface area (Å²) in [6, 6.07) is 14.2. The van der Waals surface area contributed by atoms with Crippen LogP contribution >= 0.6 is 11.6 Å². The van der Waals surface area contributed by atoms with Gasteiger partial charge in [-0.15, -0.1) is 0 Å². The number of benzene rings is 2. The van der Waals surface area contributed by atoms with Crippen LogP contribution in [0.1, 0.15) is 12.0 Å². The van der Waals surface area contributed by atoms with Crippen LogP contribution in [0.4, 0.5) is 0 Å². The highest BCUT2D eigenvalue weighted by atomic mass is 35.5. The van der Waals surface area contributed by atoms with E-state index in [4.69, 9.17) is 16.3 Å². The molecule has 4 nitrogen and oxygen atoms in total. The van der Waals surface area contributed by atoms with Crippen molar-refractivity contribution in [2.45, 2.75) is 12.8 Å². The van der Waals surface area contributed by atoms with Crippen molar-refractivity contribution in [1.29, 1.82) is 0 Å². The quantitative estimate of drug-likeness (QED) is 0.843. The number of hydrogen-bond donors (Lipinski definition) is 1. The first kappa shape index (κ1) is 17.2. The smallest absolute Gasteiger partial charge is 0.222 e. The van der Waals surface area contributed by atoms with E-state index in [0.717, 1.165) is 5.56 Å². The molecule has 1 N–H and O–H groups in total. The molecule has 0 atom stereocenters. The molecule has 2 aromatic carbocycles. The highest BCUT2D eigenvalue weighted by Crippen LogP contribution is 2.18. The maximum absolute atomic E-state index is 12.1. The van der Waals surface area contributed by atoms with Gasteiger partial charge in [0.1, 0.15) is 18.1 Å². The van der Waals surface area contributed by atoms with Crippen molar-refractivity contribution in [1.82, 2.24) is 4.90 Å². The SMILES string of the molecule is CN(CCOc1cccc(Cl)c1)C(=O)CCc1ccccc1O. The van der Waals surface area contributed by atoms with Crippen LogP contribution in [0, 0.1) is 0 Å². The number of carbonyl (C=O) groups is 1. The van der Waals surface area contributed by atoms with E-state index < -0.39 is 0 Å². The van der Waals surface area contributed by atoms with Crippen LogP contribution in [0.3, 0.4) is 0 Å². The lowest BCUT2D eigenvalue weighted by Gasteiger charge is -2.17. The third-order valence-corrected chi connectivity index (χ3v) is 3.75. The van der Waals surface area contributed by atoms with Crippen molar-refractivity contribution >= 4 is 17.5 Å². The molecule has 0 aliphatic rings. The van der Waals surface area contributed by atoms with Crippen LogP contribution in [-0.4, -0.2) is 36.1 Å². The van der Waals surface area contributed by atoms with Crippen molar-refractivity contribution in [3.8, 4) is 11.5 Å². The van der Waals surface area contributed by atoms with Gasteiger partial charge in [-0.2, -0.15) is 0 Å². The average molecular weight is 334 g/mol. The van der Waals surface area contributed by atoms with Crippen molar-refractivity contribution in [2.75, 3.05) is 20.2 Å². The number of para-hydroxylation sites is 1. The lowest BCUT2D eigenvalue weighted by atomic mass is 10.1. The fourth-order valence-corrected chi connectivity index (χ4v) is 2.32. The van der Waals surface area contributed by atoms with E-state index in [1.165, 1.54) is 0 Å². The van der Waals surface area contributed by atoms with Gasteiger partial charge in [-0.1, -0.05) is 35.9 Å². The van der Waals surface area contributed by atoms with Crippen LogP contribution in [-0.2, 0) is 11.2 Å². The second-order valence-electron chi connectivity index (χ2n) is 5.25. The van der Waals surface area contributed by atoms with Crippen molar-refractivity contribution in [3.63, 3.8) is 0 Å². The summed E-state index contributed by atoms with van der Waals surface area (Å²) in [7, 11) is 1.74. The number of phenolic OH excluding ortho intramolecular Hbond substituents is 1. The predicted octanol–water partition coefficient (Wildman–Crippen LogP) is 3.52. The van der Waals surface area contributed by atoms with Crippen molar-refractivity contribution in [2.24, 2.45) is 0 Å². The largest absolute Gasteiger partial charge is 0.508 e. The number of aryl methyl sites for hydroxylation is 1. The van der Waals surface area contributed by atoms with E-state index in [0.29, 0.717) is 36.8 Å². The summed E-state index contributed by atoms with van der Waals surface area (Å²) < 4.78 is 5.57. The molecule has 0 aromatic heterocycles. The van der Waals surface area contributed by atoms with Crippen LogP contribution in [0.25, 0.3) is 0 Å². The molecule has 122 valence electrons. The van der Waals surface area contributed by atoms with Gasteiger partial charge in [0.2, 0.25) is 5.91 Å². The molecule has 2 rings (SSSR count). The molecule has 0 heterocycles. The summed E-state index contributed by atoms with van der Waals surface area (Å²) in [5.74, 6) is 0.933. The third kappa shape index (κ3) is 5.49. The second kappa shape index (κ2) is 8.44. The summed E-state index contributed by atoms with van der Waals surface area (Å²) in [5, 5.41) is 10.3. The first-order valence-electron chi connectivity index (χ1n) is 7.45. The number of halogens is 1. The molecule has 0 unspecified atom stereocenters. The summed E-state index contributed by atoms with van der Waals surface area (Å²) in [6.45, 7) is 0.894. The number of amides is 1. The van der Waals surface area contributed by atoms with Crippen LogP contribution in [0.15, 0.2) is 48.5 Å². The highest BCUT2D eigenvalue weighted by Gasteiger charge is 2.10. The summed E-state index contributed by atoms with van der Waals surface area (Å²) >= 11 is 5.88. The van der Waals surface area contributed by atoms with Gasteiger partial charge in [0.15, 0.2) is 0 Å². The minimum absolute atomic E-state index is 0.0166. The maximum atomic E-state index is 12.1. The number of hydrogen-bond acceptors (Lipinski definition) is 3. The van der Waals surface area contributed by atoms with Crippen LogP contribution in [0.2, 0.25) is 5.02 Å². The molecular weight excluding hydrogens is 314 g/mol. The predicted molar refractivity (Wildman–Crippen MR) is 91.0 cm³/mol. The van der Waals surface area contributed by atoms with E-state index in [1.54, 1.807) is 36.2 Å². The minimum Gasteiger partial charge on any atom is -0.508 e. The molecule has 0 aliphatic carbocycles. The molecule has 0 aliphatic heterocycles. The molecule has 2 aromatic rings. The fraction of sp³-hybridized carbons (Fsp3) is 0.278. The molecule has 5 heteroatoms. The topological polar surface area (TPSA) is 49.8 Å². The van der Waals surface area contributed by atoms with E-state index in [9.17, 15) is 9.90 Å². The molecule has 0 spiro atoms. The molecule has 1 amide bonds. The molecule has 0 bridgehead atoms. The number of likely N-dealkylation sites (N-methyl/N-ethyl adjacent to an activating group) is 1. The van der Waals surface area contributed by atoms with Gasteiger partial charge in [0, 0.05) is 18.5 Å². The van der Waals surface area contributed by atoms with Crippen molar-refractivity contribution in [3.05, 3.63) is 59.1 Å². The summed E-state index contributed by atoms with van der Waals surface area (Å²) in [6.07, 6.45) is 0.871. The zero-order chi connectivity index (χ0) is 16.7. The number of ether oxygens (including phenoxy) is 1. The Balaban J connectivity index is 1.73. The van der Waals surface area contributed by atoms with E-state index >= 15 is 0 Å². The highest BCUT2D eigenvalue weighted by molar-refractivity contribution is 6.30. The lowest BCUT2D eigenvalue weighted by Crippen LogP contribution is -2.31. The monoisotopic (exact) mass is 333 g/mol. The Kier molecular flexibility index (Phi) is 6.29. The number of aromatic hydroxyl groups is 1.